The van der Waals surface area contributed by atoms with Gasteiger partial charge in [-0.15, -0.1) is 11.3 Å². The Balaban J connectivity index is 1.64. The number of benzene rings is 1. The van der Waals surface area contributed by atoms with Gasteiger partial charge in [0.15, 0.2) is 0 Å². The Morgan fingerprint density at radius 2 is 2.31 bits per heavy atom. The Kier molecular flexibility index (Phi) is 5.36. The van der Waals surface area contributed by atoms with Crippen LogP contribution in [0.1, 0.15) is 28.9 Å². The first kappa shape index (κ1) is 18.0. The molecule has 1 fully saturated rings. The number of nitrogens with one attached hydrogen (secondary N) is 1. The molecule has 3 aromatic rings. The Hall–Kier alpha value is -1.34. The average Bonchev–Trinajstić information content (AvgIpc) is 3.33. The number of rotatable bonds is 5. The van der Waals surface area contributed by atoms with E-state index in [-0.39, 0.29) is 12.0 Å². The third kappa shape index (κ3) is 3.69. The van der Waals surface area contributed by atoms with Crippen LogP contribution >= 0.6 is 38.9 Å². The largest absolute Gasteiger partial charge is 0.376 e. The highest BCUT2D eigenvalue weighted by Gasteiger charge is 2.21. The summed E-state index contributed by atoms with van der Waals surface area (Å²) >= 11 is 11.4. The molecule has 7 heteroatoms. The summed E-state index contributed by atoms with van der Waals surface area (Å²) in [5.74, 6) is -0.0715. The van der Waals surface area contributed by atoms with E-state index >= 15 is 0 Å². The van der Waals surface area contributed by atoms with E-state index in [0.29, 0.717) is 23.8 Å². The lowest BCUT2D eigenvalue weighted by Gasteiger charge is -2.14. The molecule has 1 N–H and O–H groups in total. The summed E-state index contributed by atoms with van der Waals surface area (Å²) in [6.07, 6.45) is 2.20. The molecule has 136 valence electrons. The smallest absolute Gasteiger partial charge is 0.268 e. The molecular formula is C19H18BrClN2O2S. The number of hydrogen-bond donors (Lipinski definition) is 1. The first-order valence-electron chi connectivity index (χ1n) is 8.52. The standard InChI is InChI=1S/C19H18BrClN2O2S/c20-15-11-26-17-8-16(19(24)22-9-14-5-2-6-25-14)23(18(15)17)10-12-3-1-4-13(21)7-12/h1,3-4,7-8,11,14H,2,5-6,9-10H2,(H,22,24)/t14-/m1/s1. The van der Waals surface area contributed by atoms with Gasteiger partial charge in [-0.3, -0.25) is 4.79 Å². The lowest BCUT2D eigenvalue weighted by molar-refractivity contribution is 0.0851. The summed E-state index contributed by atoms with van der Waals surface area (Å²) in [5, 5.41) is 5.77. The van der Waals surface area contributed by atoms with E-state index in [0.717, 1.165) is 39.7 Å². The molecule has 1 saturated heterocycles. The van der Waals surface area contributed by atoms with Gasteiger partial charge in [0.05, 0.1) is 20.8 Å². The lowest BCUT2D eigenvalue weighted by atomic mass is 10.2. The highest BCUT2D eigenvalue weighted by molar-refractivity contribution is 9.10. The lowest BCUT2D eigenvalue weighted by Crippen LogP contribution is -2.33. The molecule has 0 bridgehead atoms. The van der Waals surface area contributed by atoms with Gasteiger partial charge in [0.25, 0.3) is 5.91 Å². The Bertz CT molecular complexity index is 946. The molecule has 0 saturated carbocycles. The molecule has 0 unspecified atom stereocenters. The first-order valence-corrected chi connectivity index (χ1v) is 10.6. The average molecular weight is 454 g/mol. The van der Waals surface area contributed by atoms with Gasteiger partial charge in [-0.05, 0) is 52.5 Å². The minimum Gasteiger partial charge on any atom is -0.376 e. The van der Waals surface area contributed by atoms with Crippen molar-refractivity contribution in [2.24, 2.45) is 0 Å². The molecular weight excluding hydrogens is 436 g/mol. The van der Waals surface area contributed by atoms with Crippen LogP contribution in [0.3, 0.4) is 0 Å². The van der Waals surface area contributed by atoms with E-state index < -0.39 is 0 Å². The molecule has 0 aliphatic carbocycles. The van der Waals surface area contributed by atoms with Crippen LogP contribution in [0.5, 0.6) is 0 Å². The minimum atomic E-state index is -0.0715. The fraction of sp³-hybridized carbons (Fsp3) is 0.316. The minimum absolute atomic E-state index is 0.0715. The number of amides is 1. The van der Waals surface area contributed by atoms with Crippen LogP contribution in [0.15, 0.2) is 40.2 Å². The van der Waals surface area contributed by atoms with Gasteiger partial charge in [0, 0.05) is 30.1 Å². The van der Waals surface area contributed by atoms with E-state index in [9.17, 15) is 4.79 Å². The van der Waals surface area contributed by atoms with Crippen molar-refractivity contribution in [3.8, 4) is 0 Å². The van der Waals surface area contributed by atoms with E-state index in [2.05, 4.69) is 21.2 Å². The van der Waals surface area contributed by atoms with Gasteiger partial charge in [-0.2, -0.15) is 0 Å². The third-order valence-corrected chi connectivity index (χ3v) is 6.62. The second-order valence-corrected chi connectivity index (χ2v) is 8.59. The van der Waals surface area contributed by atoms with E-state index in [4.69, 9.17) is 16.3 Å². The van der Waals surface area contributed by atoms with Crippen LogP contribution in [0.4, 0.5) is 0 Å². The molecule has 2 aromatic heterocycles. The summed E-state index contributed by atoms with van der Waals surface area (Å²) in [6.45, 7) is 1.92. The SMILES string of the molecule is O=C(NC[C@H]1CCCO1)c1cc2scc(Br)c2n1Cc1cccc(Cl)c1. The molecule has 0 spiro atoms. The van der Waals surface area contributed by atoms with E-state index in [1.807, 2.05) is 40.3 Å². The number of fused-ring (bicyclic) bond motifs is 1. The maximum Gasteiger partial charge on any atom is 0.268 e. The molecule has 1 atom stereocenters. The van der Waals surface area contributed by atoms with Gasteiger partial charge in [0.1, 0.15) is 5.69 Å². The zero-order valence-electron chi connectivity index (χ0n) is 14.0. The van der Waals surface area contributed by atoms with Gasteiger partial charge in [0.2, 0.25) is 0 Å². The van der Waals surface area contributed by atoms with Crippen molar-refractivity contribution in [2.75, 3.05) is 13.2 Å². The van der Waals surface area contributed by atoms with Crippen LogP contribution < -0.4 is 5.32 Å². The molecule has 3 heterocycles. The summed E-state index contributed by atoms with van der Waals surface area (Å²) in [7, 11) is 0. The fourth-order valence-electron chi connectivity index (χ4n) is 3.30. The fourth-order valence-corrected chi connectivity index (χ4v) is 5.21. The highest BCUT2D eigenvalue weighted by atomic mass is 79.9. The van der Waals surface area contributed by atoms with Gasteiger partial charge < -0.3 is 14.6 Å². The second-order valence-electron chi connectivity index (χ2n) is 6.39. The van der Waals surface area contributed by atoms with Crippen LogP contribution in [-0.4, -0.2) is 29.7 Å². The predicted octanol–water partition coefficient (Wildman–Crippen LogP) is 5.08. The topological polar surface area (TPSA) is 43.3 Å². The first-order chi connectivity index (χ1) is 12.6. The summed E-state index contributed by atoms with van der Waals surface area (Å²) in [6, 6.07) is 9.69. The maximum absolute atomic E-state index is 12.8. The highest BCUT2D eigenvalue weighted by Crippen LogP contribution is 2.34. The molecule has 1 aliphatic heterocycles. The Morgan fingerprint density at radius 1 is 1.42 bits per heavy atom. The van der Waals surface area contributed by atoms with Crippen LogP contribution in [0.25, 0.3) is 10.2 Å². The number of thiophene rings is 1. The van der Waals surface area contributed by atoms with Crippen molar-refractivity contribution < 1.29 is 9.53 Å². The summed E-state index contributed by atoms with van der Waals surface area (Å²) in [4.78, 5) is 12.8. The molecule has 0 radical (unpaired) electrons. The van der Waals surface area contributed by atoms with Gasteiger partial charge >= 0.3 is 0 Å². The molecule has 4 nitrogen and oxygen atoms in total. The van der Waals surface area contributed by atoms with E-state index in [1.54, 1.807) is 11.3 Å². The summed E-state index contributed by atoms with van der Waals surface area (Å²) < 4.78 is 9.73. The van der Waals surface area contributed by atoms with Gasteiger partial charge in [-0.1, -0.05) is 23.7 Å². The number of halogens is 2. The van der Waals surface area contributed by atoms with Crippen molar-refractivity contribution in [1.29, 1.82) is 0 Å². The number of carbonyl (C=O) groups excluding carboxylic acids is 1. The maximum atomic E-state index is 12.8. The molecule has 26 heavy (non-hydrogen) atoms. The monoisotopic (exact) mass is 452 g/mol. The Morgan fingerprint density at radius 3 is 3.08 bits per heavy atom. The zero-order valence-corrected chi connectivity index (χ0v) is 17.2. The predicted molar refractivity (Wildman–Crippen MR) is 109 cm³/mol. The van der Waals surface area contributed by atoms with Crippen molar-refractivity contribution >= 4 is 55.0 Å². The molecule has 4 rings (SSSR count). The third-order valence-electron chi connectivity index (χ3n) is 4.55. The van der Waals surface area contributed by atoms with Crippen LogP contribution in [0.2, 0.25) is 5.02 Å². The van der Waals surface area contributed by atoms with Crippen LogP contribution in [-0.2, 0) is 11.3 Å². The summed E-state index contributed by atoms with van der Waals surface area (Å²) in [5.41, 5.74) is 2.75. The Labute approximate surface area is 169 Å². The zero-order chi connectivity index (χ0) is 18.1. The van der Waals surface area contributed by atoms with Crippen LogP contribution in [0, 0.1) is 0 Å². The van der Waals surface area contributed by atoms with Crippen molar-refractivity contribution in [3.05, 3.63) is 56.5 Å². The van der Waals surface area contributed by atoms with Crippen molar-refractivity contribution in [3.63, 3.8) is 0 Å². The molecule has 1 aliphatic rings. The van der Waals surface area contributed by atoms with Crippen molar-refractivity contribution in [2.45, 2.75) is 25.5 Å². The number of carbonyl (C=O) groups is 1. The normalized spacial score (nSPS) is 17.1. The second kappa shape index (κ2) is 7.72. The quantitative estimate of drug-likeness (QED) is 0.586. The molecule has 1 amide bonds. The molecule has 1 aromatic carbocycles. The number of nitrogens with zero attached hydrogens (tertiary/aromatic N) is 1. The number of ether oxygens (including phenoxy) is 1. The van der Waals surface area contributed by atoms with Crippen molar-refractivity contribution in [1.82, 2.24) is 9.88 Å². The van der Waals surface area contributed by atoms with Gasteiger partial charge in [-0.25, -0.2) is 0 Å². The van der Waals surface area contributed by atoms with E-state index in [1.165, 1.54) is 0 Å². The number of aromatic nitrogens is 1. The number of hydrogen-bond acceptors (Lipinski definition) is 3.